The van der Waals surface area contributed by atoms with E-state index < -0.39 is 35.3 Å². The van der Waals surface area contributed by atoms with Gasteiger partial charge in [-0.1, -0.05) is 6.92 Å². The van der Waals surface area contributed by atoms with Crippen molar-refractivity contribution in [2.45, 2.75) is 44.8 Å². The number of carbonyl (C=O) groups excluding carboxylic acids is 1. The fraction of sp³-hybridized carbons (Fsp3) is 0.533. The molecule has 1 atom stereocenters. The fourth-order valence-corrected chi connectivity index (χ4v) is 2.66. The third-order valence-corrected chi connectivity index (χ3v) is 3.98. The predicted octanol–water partition coefficient (Wildman–Crippen LogP) is 2.31. The molecule has 6 heteroatoms. The molecule has 0 radical (unpaired) electrons. The van der Waals surface area contributed by atoms with Gasteiger partial charge in [0.05, 0.1) is 12.5 Å². The van der Waals surface area contributed by atoms with Crippen molar-refractivity contribution in [2.24, 2.45) is 5.92 Å². The van der Waals surface area contributed by atoms with Gasteiger partial charge in [0.1, 0.15) is 5.82 Å². The molecule has 0 unspecified atom stereocenters. The van der Waals surface area contributed by atoms with E-state index in [4.69, 9.17) is 0 Å². The van der Waals surface area contributed by atoms with Crippen LogP contribution in [0, 0.1) is 23.4 Å². The Bertz CT molecular complexity index is 530. The van der Waals surface area contributed by atoms with Gasteiger partial charge < -0.3 is 10.4 Å². The first-order chi connectivity index (χ1) is 9.92. The minimum Gasteiger partial charge on any atom is -0.393 e. The largest absolute Gasteiger partial charge is 0.393 e. The summed E-state index contributed by atoms with van der Waals surface area (Å²) in [7, 11) is 0. The zero-order chi connectivity index (χ0) is 15.6. The van der Waals surface area contributed by atoms with Gasteiger partial charge in [0.2, 0.25) is 5.91 Å². The summed E-state index contributed by atoms with van der Waals surface area (Å²) in [5.74, 6) is -3.80. The van der Waals surface area contributed by atoms with Crippen LogP contribution in [0.15, 0.2) is 12.1 Å². The summed E-state index contributed by atoms with van der Waals surface area (Å²) >= 11 is 0. The Hall–Kier alpha value is -1.56. The lowest BCUT2D eigenvalue weighted by molar-refractivity contribution is -0.122. The standard InChI is InChI=1S/C15H18F3NO2/c1-2-13(8-5-9(20)6-8)19-14(21)7-10-11(16)3-4-12(17)15(10)18/h3-4,8-9,13,20H,2,5-7H2,1H3,(H,19,21)/t8?,9?,13-/m0/s1. The van der Waals surface area contributed by atoms with Crippen LogP contribution in [0.1, 0.15) is 31.7 Å². The summed E-state index contributed by atoms with van der Waals surface area (Å²) in [4.78, 5) is 11.9. The Kier molecular flexibility index (Phi) is 4.88. The van der Waals surface area contributed by atoms with Gasteiger partial charge in [-0.2, -0.15) is 0 Å². The van der Waals surface area contributed by atoms with Crippen LogP contribution in [-0.2, 0) is 11.2 Å². The van der Waals surface area contributed by atoms with E-state index in [2.05, 4.69) is 5.32 Å². The molecule has 2 rings (SSSR count). The van der Waals surface area contributed by atoms with E-state index in [0.29, 0.717) is 25.3 Å². The summed E-state index contributed by atoms with van der Waals surface area (Å²) in [5.41, 5.74) is -0.559. The Morgan fingerprint density at radius 2 is 1.95 bits per heavy atom. The second-order valence-corrected chi connectivity index (χ2v) is 5.47. The smallest absolute Gasteiger partial charge is 0.224 e. The van der Waals surface area contributed by atoms with Gasteiger partial charge >= 0.3 is 0 Å². The van der Waals surface area contributed by atoms with Crippen LogP contribution in [0.25, 0.3) is 0 Å². The van der Waals surface area contributed by atoms with E-state index in [9.17, 15) is 23.1 Å². The highest BCUT2D eigenvalue weighted by Crippen LogP contribution is 2.31. The third kappa shape index (κ3) is 3.56. The molecule has 1 aromatic carbocycles. The zero-order valence-electron chi connectivity index (χ0n) is 11.7. The number of rotatable bonds is 5. The molecule has 1 aliphatic rings. The molecule has 3 nitrogen and oxygen atoms in total. The molecule has 116 valence electrons. The first-order valence-electron chi connectivity index (χ1n) is 7.02. The van der Waals surface area contributed by atoms with Gasteiger partial charge in [0, 0.05) is 11.6 Å². The van der Waals surface area contributed by atoms with Gasteiger partial charge in [-0.15, -0.1) is 0 Å². The fourth-order valence-electron chi connectivity index (χ4n) is 2.66. The van der Waals surface area contributed by atoms with E-state index >= 15 is 0 Å². The molecule has 0 aliphatic heterocycles. The second kappa shape index (κ2) is 6.47. The Morgan fingerprint density at radius 1 is 1.33 bits per heavy atom. The molecule has 0 bridgehead atoms. The van der Waals surface area contributed by atoms with Crippen LogP contribution < -0.4 is 5.32 Å². The van der Waals surface area contributed by atoms with E-state index in [1.807, 2.05) is 6.92 Å². The Morgan fingerprint density at radius 3 is 2.52 bits per heavy atom. The van der Waals surface area contributed by atoms with Gasteiger partial charge in [-0.25, -0.2) is 13.2 Å². The Balaban J connectivity index is 2.00. The number of aliphatic hydroxyl groups excluding tert-OH is 1. The van der Waals surface area contributed by atoms with Crippen LogP contribution in [0.3, 0.4) is 0 Å². The number of carbonyl (C=O) groups is 1. The molecule has 2 N–H and O–H groups in total. The van der Waals surface area contributed by atoms with E-state index in [-0.39, 0.29) is 18.1 Å². The third-order valence-electron chi connectivity index (χ3n) is 3.98. The SMILES string of the molecule is CC[C@H](NC(=O)Cc1c(F)ccc(F)c1F)C1CC(O)C1. The lowest BCUT2D eigenvalue weighted by Gasteiger charge is -2.37. The minimum absolute atomic E-state index is 0.138. The molecular formula is C15H18F3NO2. The van der Waals surface area contributed by atoms with Crippen LogP contribution >= 0.6 is 0 Å². The second-order valence-electron chi connectivity index (χ2n) is 5.47. The van der Waals surface area contributed by atoms with Gasteiger partial charge in [0.25, 0.3) is 0 Å². The molecule has 0 saturated heterocycles. The molecule has 0 spiro atoms. The molecule has 1 fully saturated rings. The maximum Gasteiger partial charge on any atom is 0.224 e. The van der Waals surface area contributed by atoms with Crippen LogP contribution in [0.5, 0.6) is 0 Å². The van der Waals surface area contributed by atoms with Crippen LogP contribution in [0.4, 0.5) is 13.2 Å². The summed E-state index contributed by atoms with van der Waals surface area (Å²) in [5, 5.41) is 12.0. The molecule has 0 aromatic heterocycles. The quantitative estimate of drug-likeness (QED) is 0.820. The van der Waals surface area contributed by atoms with E-state index in [0.717, 1.165) is 6.07 Å². The van der Waals surface area contributed by atoms with Crippen molar-refractivity contribution >= 4 is 5.91 Å². The number of benzene rings is 1. The topological polar surface area (TPSA) is 49.3 Å². The van der Waals surface area contributed by atoms with Crippen molar-refractivity contribution in [3.8, 4) is 0 Å². The van der Waals surface area contributed by atoms with Gasteiger partial charge in [-0.3, -0.25) is 4.79 Å². The van der Waals surface area contributed by atoms with Crippen molar-refractivity contribution in [3.05, 3.63) is 35.1 Å². The summed E-state index contributed by atoms with van der Waals surface area (Å²) in [6.45, 7) is 1.89. The molecule has 1 aromatic rings. The molecule has 1 saturated carbocycles. The first-order valence-corrected chi connectivity index (χ1v) is 7.02. The van der Waals surface area contributed by atoms with Crippen molar-refractivity contribution in [2.75, 3.05) is 0 Å². The highest BCUT2D eigenvalue weighted by molar-refractivity contribution is 5.79. The van der Waals surface area contributed by atoms with Crippen molar-refractivity contribution in [1.29, 1.82) is 0 Å². The zero-order valence-corrected chi connectivity index (χ0v) is 11.7. The van der Waals surface area contributed by atoms with Crippen LogP contribution in [0.2, 0.25) is 0 Å². The minimum atomic E-state index is -1.32. The number of aliphatic hydroxyl groups is 1. The van der Waals surface area contributed by atoms with Gasteiger partial charge in [0.15, 0.2) is 11.6 Å². The lowest BCUT2D eigenvalue weighted by atomic mass is 9.76. The predicted molar refractivity (Wildman–Crippen MR) is 71.0 cm³/mol. The number of amides is 1. The molecule has 1 aliphatic carbocycles. The van der Waals surface area contributed by atoms with Gasteiger partial charge in [-0.05, 0) is 37.3 Å². The highest BCUT2D eigenvalue weighted by atomic mass is 19.2. The van der Waals surface area contributed by atoms with E-state index in [1.54, 1.807) is 0 Å². The van der Waals surface area contributed by atoms with Crippen molar-refractivity contribution in [1.82, 2.24) is 5.32 Å². The van der Waals surface area contributed by atoms with Crippen molar-refractivity contribution < 1.29 is 23.1 Å². The number of hydrogen-bond donors (Lipinski definition) is 2. The molecule has 21 heavy (non-hydrogen) atoms. The number of halogens is 3. The van der Waals surface area contributed by atoms with Crippen LogP contribution in [-0.4, -0.2) is 23.2 Å². The average molecular weight is 301 g/mol. The monoisotopic (exact) mass is 301 g/mol. The maximum absolute atomic E-state index is 13.5. The number of hydrogen-bond acceptors (Lipinski definition) is 2. The maximum atomic E-state index is 13.5. The average Bonchev–Trinajstić information content (AvgIpc) is 2.42. The highest BCUT2D eigenvalue weighted by Gasteiger charge is 2.33. The van der Waals surface area contributed by atoms with Crippen molar-refractivity contribution in [3.63, 3.8) is 0 Å². The van der Waals surface area contributed by atoms with E-state index in [1.165, 1.54) is 0 Å². The summed E-state index contributed by atoms with van der Waals surface area (Å²) in [6.07, 6.45) is 1.01. The first kappa shape index (κ1) is 15.8. The Labute approximate surface area is 121 Å². The number of nitrogens with one attached hydrogen (secondary N) is 1. The normalized spacial score (nSPS) is 22.5. The molecule has 0 heterocycles. The molecule has 1 amide bonds. The summed E-state index contributed by atoms with van der Waals surface area (Å²) in [6, 6.07) is 1.36. The molecular weight excluding hydrogens is 283 g/mol. The summed E-state index contributed by atoms with van der Waals surface area (Å²) < 4.78 is 40.1. The lowest BCUT2D eigenvalue weighted by Crippen LogP contribution is -2.47.